The van der Waals surface area contributed by atoms with Crippen LogP contribution in [0.25, 0.3) is 22.0 Å². The Hall–Kier alpha value is -4.25. The molecule has 48 heavy (non-hydrogen) atoms. The summed E-state index contributed by atoms with van der Waals surface area (Å²) in [6.07, 6.45) is -1.07. The number of hydrogen-bond acceptors (Lipinski definition) is 8. The van der Waals surface area contributed by atoms with Crippen LogP contribution in [0.3, 0.4) is 0 Å². The number of aromatic nitrogens is 5. The highest BCUT2D eigenvalue weighted by Crippen LogP contribution is 2.40. The highest BCUT2D eigenvalue weighted by molar-refractivity contribution is 7.13. The first-order valence-corrected chi connectivity index (χ1v) is 16.2. The number of benzene rings is 2. The van der Waals surface area contributed by atoms with Crippen molar-refractivity contribution in [3.05, 3.63) is 75.9 Å². The molecule has 2 atom stereocenters. The molecule has 0 spiro atoms. The average Bonchev–Trinajstić information content (AvgIpc) is 3.86. The predicted octanol–water partition coefficient (Wildman–Crippen LogP) is 5.83. The van der Waals surface area contributed by atoms with Crippen molar-refractivity contribution in [1.29, 1.82) is 0 Å². The highest BCUT2D eigenvalue weighted by atomic mass is 35.5. The summed E-state index contributed by atoms with van der Waals surface area (Å²) < 4.78 is 49.3. The number of amides is 1. The van der Waals surface area contributed by atoms with Gasteiger partial charge in [-0.15, -0.1) is 11.3 Å². The third kappa shape index (κ3) is 6.97. The van der Waals surface area contributed by atoms with Gasteiger partial charge in [-0.25, -0.2) is 19.2 Å². The number of carboxylic acid groups (broad SMARTS) is 1. The number of piperazine rings is 1. The Morgan fingerprint density at radius 1 is 1.12 bits per heavy atom. The lowest BCUT2D eigenvalue weighted by atomic mass is 10.0. The fraction of sp³-hybridized carbons (Fsp3) is 0.300. The van der Waals surface area contributed by atoms with Crippen molar-refractivity contribution in [2.24, 2.45) is 0 Å². The molecule has 3 aromatic heterocycles. The third-order valence-corrected chi connectivity index (χ3v) is 9.21. The molecule has 1 fully saturated rings. The number of nitrogens with zero attached hydrogens (tertiary/aromatic N) is 6. The Balaban J connectivity index is 0.000000519. The topological polar surface area (TPSA) is 130 Å². The number of thiazole rings is 1. The van der Waals surface area contributed by atoms with Crippen LogP contribution in [0.5, 0.6) is 0 Å². The lowest BCUT2D eigenvalue weighted by molar-refractivity contribution is -0.192. The van der Waals surface area contributed by atoms with Crippen molar-refractivity contribution in [3.63, 3.8) is 0 Å². The monoisotopic (exact) mass is 724 g/mol. The fourth-order valence-corrected chi connectivity index (χ4v) is 6.67. The number of aliphatic carboxylic acids is 1. The second kappa shape index (κ2) is 13.7. The molecule has 3 N–H and O–H groups in total. The van der Waals surface area contributed by atoms with Crippen molar-refractivity contribution < 1.29 is 32.3 Å². The van der Waals surface area contributed by atoms with Crippen molar-refractivity contribution in [2.75, 3.05) is 36.4 Å². The standard InChI is InChI=1S/C28H25Cl2FN8OS.C2HF3O2/c29-21-12-19(16-1-3-18(4-2-16)37-8-5-32-6-9-37)23(30)24-20(21)14-39(36-24)26(27(40)35-28-33-7-10-41-28)25-22-11-17(31)13-38(22)15-34-25;3-2(4,5)1(6)7/h1-4,7,10,12,14-15,17,26,32H,5-6,8-9,11,13H2,(H,33,35,40);(H,6,7)/t17-,26?;/m1./s1. The molecule has 5 heterocycles. The van der Waals surface area contributed by atoms with Gasteiger partial charge < -0.3 is 19.9 Å². The van der Waals surface area contributed by atoms with E-state index in [0.29, 0.717) is 37.5 Å². The second-order valence-corrected chi connectivity index (χ2v) is 12.6. The largest absolute Gasteiger partial charge is 0.490 e. The van der Waals surface area contributed by atoms with Crippen LogP contribution in [-0.2, 0) is 22.6 Å². The minimum Gasteiger partial charge on any atom is -0.475 e. The number of fused-ring (bicyclic) bond motifs is 2. The molecule has 252 valence electrons. The Labute approximate surface area is 284 Å². The number of carbonyl (C=O) groups is 2. The minimum absolute atomic E-state index is 0.173. The van der Waals surface area contributed by atoms with Crippen molar-refractivity contribution in [2.45, 2.75) is 31.4 Å². The normalized spacial score (nSPS) is 16.7. The Kier molecular flexibility index (Phi) is 9.60. The third-order valence-electron chi connectivity index (χ3n) is 7.83. The molecule has 0 radical (unpaired) electrons. The fourth-order valence-electron chi connectivity index (χ4n) is 5.59. The van der Waals surface area contributed by atoms with E-state index in [-0.39, 0.29) is 13.0 Å². The molecule has 7 rings (SSSR count). The van der Waals surface area contributed by atoms with Gasteiger partial charge in [0.05, 0.1) is 28.6 Å². The van der Waals surface area contributed by atoms with Gasteiger partial charge in [0.25, 0.3) is 5.91 Å². The quantitative estimate of drug-likeness (QED) is 0.187. The maximum absolute atomic E-state index is 14.3. The number of nitrogens with one attached hydrogen (secondary N) is 2. The number of rotatable bonds is 6. The number of hydrogen-bond donors (Lipinski definition) is 3. The first-order chi connectivity index (χ1) is 22.9. The van der Waals surface area contributed by atoms with Gasteiger partial charge in [-0.2, -0.15) is 18.3 Å². The molecule has 0 bridgehead atoms. The zero-order valence-corrected chi connectivity index (χ0v) is 27.0. The molecule has 18 heteroatoms. The van der Waals surface area contributed by atoms with Gasteiger partial charge in [-0.05, 0) is 23.8 Å². The van der Waals surface area contributed by atoms with Crippen LogP contribution >= 0.6 is 34.5 Å². The van der Waals surface area contributed by atoms with Gasteiger partial charge in [-0.3, -0.25) is 14.8 Å². The van der Waals surface area contributed by atoms with Crippen molar-refractivity contribution in [1.82, 2.24) is 29.6 Å². The van der Waals surface area contributed by atoms with Gasteiger partial charge in [0.2, 0.25) is 0 Å². The summed E-state index contributed by atoms with van der Waals surface area (Å²) in [4.78, 5) is 33.6. The maximum atomic E-state index is 14.3. The summed E-state index contributed by atoms with van der Waals surface area (Å²) in [5, 5.41) is 21.8. The molecule has 0 aliphatic carbocycles. The summed E-state index contributed by atoms with van der Waals surface area (Å²) in [7, 11) is 0. The summed E-state index contributed by atoms with van der Waals surface area (Å²) in [5.74, 6) is -3.15. The number of halogens is 6. The van der Waals surface area contributed by atoms with E-state index in [9.17, 15) is 22.4 Å². The molecule has 0 saturated carbocycles. The predicted molar refractivity (Wildman–Crippen MR) is 174 cm³/mol. The average molecular weight is 726 g/mol. The zero-order valence-electron chi connectivity index (χ0n) is 24.7. The van der Waals surface area contributed by atoms with E-state index >= 15 is 0 Å². The summed E-state index contributed by atoms with van der Waals surface area (Å²) in [5.41, 5.74) is 4.37. The lowest BCUT2D eigenvalue weighted by Crippen LogP contribution is -2.43. The van der Waals surface area contributed by atoms with Gasteiger partial charge >= 0.3 is 12.1 Å². The molecular formula is C30H26Cl2F4N8O3S. The molecular weight excluding hydrogens is 699 g/mol. The molecule has 11 nitrogen and oxygen atoms in total. The van der Waals surface area contributed by atoms with E-state index in [1.54, 1.807) is 28.7 Å². The first kappa shape index (κ1) is 33.6. The first-order valence-electron chi connectivity index (χ1n) is 14.5. The Morgan fingerprint density at radius 2 is 1.83 bits per heavy atom. The van der Waals surface area contributed by atoms with Crippen LogP contribution in [0.2, 0.25) is 10.0 Å². The number of carbonyl (C=O) groups excluding carboxylic acids is 1. The van der Waals surface area contributed by atoms with Crippen LogP contribution in [0.4, 0.5) is 28.4 Å². The summed E-state index contributed by atoms with van der Waals surface area (Å²) in [6, 6.07) is 9.08. The molecule has 2 aliphatic heterocycles. The van der Waals surface area contributed by atoms with Crippen LogP contribution in [0.1, 0.15) is 17.4 Å². The van der Waals surface area contributed by atoms with E-state index in [1.165, 1.54) is 16.0 Å². The molecule has 2 aliphatic rings. The number of anilines is 2. The maximum Gasteiger partial charge on any atom is 0.490 e. The smallest absolute Gasteiger partial charge is 0.475 e. The van der Waals surface area contributed by atoms with Gasteiger partial charge in [0.1, 0.15) is 11.7 Å². The van der Waals surface area contributed by atoms with Gasteiger partial charge in [0.15, 0.2) is 11.2 Å². The lowest BCUT2D eigenvalue weighted by Gasteiger charge is -2.29. The SMILES string of the molecule is O=C(Nc1nccs1)C(c1ncn2c1C[C@@H](F)C2)n1cc2c(Cl)cc(-c3ccc(N4CCNCC4)cc3)c(Cl)c2n1.O=C(O)C(F)(F)F. The second-order valence-electron chi connectivity index (χ2n) is 10.9. The van der Waals surface area contributed by atoms with E-state index < -0.39 is 30.3 Å². The van der Waals surface area contributed by atoms with Gasteiger partial charge in [0, 0.05) is 72.7 Å². The molecule has 1 amide bonds. The minimum atomic E-state index is -5.08. The number of imidazole rings is 1. The Morgan fingerprint density at radius 3 is 2.48 bits per heavy atom. The van der Waals surface area contributed by atoms with Gasteiger partial charge in [-0.1, -0.05) is 35.3 Å². The number of carboxylic acids is 1. The van der Waals surface area contributed by atoms with Crippen LogP contribution < -0.4 is 15.5 Å². The van der Waals surface area contributed by atoms with E-state index in [0.717, 1.165) is 43.0 Å². The van der Waals surface area contributed by atoms with Crippen molar-refractivity contribution in [3.8, 4) is 11.1 Å². The summed E-state index contributed by atoms with van der Waals surface area (Å²) >= 11 is 15.0. The molecule has 1 saturated heterocycles. The van der Waals surface area contributed by atoms with Crippen LogP contribution in [0.15, 0.2) is 54.4 Å². The van der Waals surface area contributed by atoms with Crippen LogP contribution in [0, 0.1) is 0 Å². The number of alkyl halides is 4. The molecule has 5 aromatic rings. The van der Waals surface area contributed by atoms with E-state index in [1.807, 2.05) is 18.2 Å². The summed E-state index contributed by atoms with van der Waals surface area (Å²) in [6.45, 7) is 4.04. The van der Waals surface area contributed by atoms with Crippen molar-refractivity contribution >= 4 is 68.1 Å². The highest BCUT2D eigenvalue weighted by Gasteiger charge is 2.38. The van der Waals surface area contributed by atoms with E-state index in [2.05, 4.69) is 37.6 Å². The molecule has 2 aromatic carbocycles. The zero-order chi connectivity index (χ0) is 34.2. The van der Waals surface area contributed by atoms with Crippen LogP contribution in [-0.4, -0.2) is 79.8 Å². The Bertz CT molecular complexity index is 1940. The van der Waals surface area contributed by atoms with E-state index in [4.69, 9.17) is 38.2 Å². The molecule has 1 unspecified atom stereocenters.